The molecule has 28 heavy (non-hydrogen) atoms. The van der Waals surface area contributed by atoms with Crippen LogP contribution in [0.5, 0.6) is 11.5 Å². The van der Waals surface area contributed by atoms with Crippen molar-refractivity contribution in [3.05, 3.63) is 58.6 Å². The molecule has 146 valence electrons. The predicted octanol–water partition coefficient (Wildman–Crippen LogP) is 4.68. The van der Waals surface area contributed by atoms with Crippen LogP contribution in [0.1, 0.15) is 11.1 Å². The first kappa shape index (κ1) is 20.4. The average Bonchev–Trinajstić information content (AvgIpc) is 3.13. The summed E-state index contributed by atoms with van der Waals surface area (Å²) in [5.41, 5.74) is 1.92. The molecule has 0 radical (unpaired) electrons. The molecule has 0 atom stereocenters. The first-order chi connectivity index (χ1) is 13.6. The van der Waals surface area contributed by atoms with E-state index < -0.39 is 0 Å². The van der Waals surface area contributed by atoms with E-state index in [1.807, 2.05) is 30.3 Å². The van der Waals surface area contributed by atoms with E-state index in [0.29, 0.717) is 21.7 Å². The van der Waals surface area contributed by atoms with Gasteiger partial charge in [0.05, 0.1) is 20.6 Å². The van der Waals surface area contributed by atoms with Crippen molar-refractivity contribution < 1.29 is 14.3 Å². The summed E-state index contributed by atoms with van der Waals surface area (Å²) in [7, 11) is 3.13. The number of rotatable bonds is 8. The molecule has 0 aliphatic rings. The number of nitrogens with one attached hydrogen (secondary N) is 1. The Bertz CT molecular complexity index is 965. The first-order valence-corrected chi connectivity index (χ1v) is 10.5. The van der Waals surface area contributed by atoms with Crippen LogP contribution in [-0.2, 0) is 17.0 Å². The van der Waals surface area contributed by atoms with Gasteiger partial charge in [0.1, 0.15) is 0 Å². The van der Waals surface area contributed by atoms with Crippen LogP contribution in [-0.4, -0.2) is 30.3 Å². The minimum Gasteiger partial charge on any atom is -0.493 e. The quantitative estimate of drug-likeness (QED) is 0.409. The number of aromatic nitrogens is 2. The highest BCUT2D eigenvalue weighted by Crippen LogP contribution is 2.30. The number of carbonyl (C=O) groups is 1. The fraction of sp³-hybridized carbons (Fsp3) is 0.211. The van der Waals surface area contributed by atoms with Crippen LogP contribution in [0.25, 0.3) is 0 Å². The van der Waals surface area contributed by atoms with E-state index in [0.717, 1.165) is 21.2 Å². The molecule has 3 rings (SSSR count). The van der Waals surface area contributed by atoms with Crippen LogP contribution in [0.4, 0.5) is 5.13 Å². The van der Waals surface area contributed by atoms with Crippen LogP contribution < -0.4 is 14.8 Å². The minimum atomic E-state index is -0.172. The largest absolute Gasteiger partial charge is 0.493 e. The second kappa shape index (κ2) is 9.77. The second-order valence-corrected chi connectivity index (χ2v) is 8.34. The number of anilines is 1. The second-order valence-electron chi connectivity index (χ2n) is 5.71. The van der Waals surface area contributed by atoms with Crippen molar-refractivity contribution in [2.45, 2.75) is 16.5 Å². The molecule has 0 saturated heterocycles. The highest BCUT2D eigenvalue weighted by molar-refractivity contribution is 8.00. The Hall–Kier alpha value is -2.29. The lowest BCUT2D eigenvalue weighted by Gasteiger charge is -2.09. The van der Waals surface area contributed by atoms with E-state index in [4.69, 9.17) is 21.1 Å². The SMILES string of the molecule is COc1ccc(CC(=O)Nc2nnc(SCc3cccc(Cl)c3)s2)cc1OC. The Morgan fingerprint density at radius 1 is 1.11 bits per heavy atom. The van der Waals surface area contributed by atoms with Gasteiger partial charge in [0.25, 0.3) is 0 Å². The van der Waals surface area contributed by atoms with E-state index >= 15 is 0 Å². The van der Waals surface area contributed by atoms with Crippen molar-refractivity contribution in [3.63, 3.8) is 0 Å². The van der Waals surface area contributed by atoms with Crippen molar-refractivity contribution in [2.75, 3.05) is 19.5 Å². The third-order valence-corrected chi connectivity index (χ3v) is 6.00. The third kappa shape index (κ3) is 5.60. The Kier molecular flexibility index (Phi) is 7.13. The molecule has 6 nitrogen and oxygen atoms in total. The number of carbonyl (C=O) groups excluding carboxylic acids is 1. The fourth-order valence-electron chi connectivity index (χ4n) is 2.43. The number of benzene rings is 2. The van der Waals surface area contributed by atoms with E-state index in [2.05, 4.69) is 15.5 Å². The van der Waals surface area contributed by atoms with Gasteiger partial charge in [-0.1, -0.05) is 52.9 Å². The lowest BCUT2D eigenvalue weighted by Crippen LogP contribution is -2.14. The molecule has 1 heterocycles. The van der Waals surface area contributed by atoms with Gasteiger partial charge in [-0.25, -0.2) is 0 Å². The molecule has 0 spiro atoms. The lowest BCUT2D eigenvalue weighted by atomic mass is 10.1. The zero-order chi connectivity index (χ0) is 19.9. The maximum Gasteiger partial charge on any atom is 0.230 e. The Morgan fingerprint density at radius 2 is 1.93 bits per heavy atom. The van der Waals surface area contributed by atoms with Crippen molar-refractivity contribution in [2.24, 2.45) is 0 Å². The fourth-order valence-corrected chi connectivity index (χ4v) is 4.35. The van der Waals surface area contributed by atoms with E-state index in [1.165, 1.54) is 11.3 Å². The predicted molar refractivity (Wildman–Crippen MR) is 113 cm³/mol. The number of hydrogen-bond donors (Lipinski definition) is 1. The third-order valence-electron chi connectivity index (χ3n) is 3.72. The number of methoxy groups -OCH3 is 2. The van der Waals surface area contributed by atoms with Gasteiger partial charge in [-0.05, 0) is 35.4 Å². The van der Waals surface area contributed by atoms with Crippen LogP contribution in [0, 0.1) is 0 Å². The maximum absolute atomic E-state index is 12.3. The summed E-state index contributed by atoms with van der Waals surface area (Å²) < 4.78 is 11.2. The summed E-state index contributed by atoms with van der Waals surface area (Å²) in [5.74, 6) is 1.77. The number of halogens is 1. The Morgan fingerprint density at radius 3 is 2.68 bits per heavy atom. The molecule has 0 bridgehead atoms. The monoisotopic (exact) mass is 435 g/mol. The van der Waals surface area contributed by atoms with Gasteiger partial charge in [0.15, 0.2) is 15.8 Å². The summed E-state index contributed by atoms with van der Waals surface area (Å²) in [6.45, 7) is 0. The number of ether oxygens (including phenoxy) is 2. The van der Waals surface area contributed by atoms with Crippen LogP contribution in [0.3, 0.4) is 0 Å². The Balaban J connectivity index is 1.55. The molecule has 1 aromatic heterocycles. The van der Waals surface area contributed by atoms with Crippen LogP contribution in [0.15, 0.2) is 46.8 Å². The molecular weight excluding hydrogens is 418 g/mol. The molecule has 3 aromatic rings. The molecule has 0 saturated carbocycles. The standard InChI is InChI=1S/C19H18ClN3O3S2/c1-25-15-7-6-12(9-16(15)26-2)10-17(24)21-18-22-23-19(28-18)27-11-13-4-3-5-14(20)8-13/h3-9H,10-11H2,1-2H3,(H,21,22,24). The maximum atomic E-state index is 12.3. The molecule has 0 aliphatic heterocycles. The molecule has 0 fully saturated rings. The van der Waals surface area contributed by atoms with Crippen molar-refractivity contribution >= 4 is 45.7 Å². The highest BCUT2D eigenvalue weighted by Gasteiger charge is 2.12. The Labute approximate surface area is 176 Å². The van der Waals surface area contributed by atoms with Crippen molar-refractivity contribution in [1.29, 1.82) is 0 Å². The summed E-state index contributed by atoms with van der Waals surface area (Å²) >= 11 is 8.88. The smallest absolute Gasteiger partial charge is 0.230 e. The molecule has 2 aromatic carbocycles. The van der Waals surface area contributed by atoms with E-state index in [-0.39, 0.29) is 12.3 Å². The highest BCUT2D eigenvalue weighted by atomic mass is 35.5. The zero-order valence-corrected chi connectivity index (χ0v) is 17.7. The van der Waals surface area contributed by atoms with Gasteiger partial charge < -0.3 is 14.8 Å². The summed E-state index contributed by atoms with van der Waals surface area (Å²) in [5, 5.41) is 12.1. The van der Waals surface area contributed by atoms with E-state index in [1.54, 1.807) is 38.1 Å². The van der Waals surface area contributed by atoms with Gasteiger partial charge in [0.2, 0.25) is 11.0 Å². The van der Waals surface area contributed by atoms with Gasteiger partial charge in [-0.2, -0.15) is 0 Å². The van der Waals surface area contributed by atoms with Gasteiger partial charge in [0, 0.05) is 10.8 Å². The molecule has 0 aliphatic carbocycles. The number of nitrogens with zero attached hydrogens (tertiary/aromatic N) is 2. The first-order valence-electron chi connectivity index (χ1n) is 8.29. The molecular formula is C19H18ClN3O3S2. The average molecular weight is 436 g/mol. The minimum absolute atomic E-state index is 0.172. The normalized spacial score (nSPS) is 10.5. The van der Waals surface area contributed by atoms with Gasteiger partial charge in [-0.3, -0.25) is 4.79 Å². The lowest BCUT2D eigenvalue weighted by molar-refractivity contribution is -0.115. The molecule has 1 amide bonds. The van der Waals surface area contributed by atoms with Crippen molar-refractivity contribution in [3.8, 4) is 11.5 Å². The molecule has 0 unspecified atom stereocenters. The van der Waals surface area contributed by atoms with Gasteiger partial charge in [-0.15, -0.1) is 10.2 Å². The summed E-state index contributed by atoms with van der Waals surface area (Å²) in [6, 6.07) is 13.1. The van der Waals surface area contributed by atoms with E-state index in [9.17, 15) is 4.79 Å². The molecule has 1 N–H and O–H groups in total. The topological polar surface area (TPSA) is 73.3 Å². The summed E-state index contributed by atoms with van der Waals surface area (Å²) in [6.07, 6.45) is 0.199. The zero-order valence-electron chi connectivity index (χ0n) is 15.3. The number of hydrogen-bond acceptors (Lipinski definition) is 7. The number of amides is 1. The van der Waals surface area contributed by atoms with Crippen LogP contribution >= 0.6 is 34.7 Å². The molecule has 9 heteroatoms. The van der Waals surface area contributed by atoms with Gasteiger partial charge >= 0.3 is 0 Å². The van der Waals surface area contributed by atoms with Crippen LogP contribution in [0.2, 0.25) is 5.02 Å². The summed E-state index contributed by atoms with van der Waals surface area (Å²) in [4.78, 5) is 12.3. The number of thioether (sulfide) groups is 1. The van der Waals surface area contributed by atoms with Crippen molar-refractivity contribution in [1.82, 2.24) is 10.2 Å².